The lowest BCUT2D eigenvalue weighted by atomic mass is 9.83. The summed E-state index contributed by atoms with van der Waals surface area (Å²) in [7, 11) is 0. The Morgan fingerprint density at radius 3 is 2.36 bits per heavy atom. The van der Waals surface area contributed by atoms with Gasteiger partial charge in [-0.2, -0.15) is 0 Å². The molecule has 0 unspecified atom stereocenters. The van der Waals surface area contributed by atoms with Crippen molar-refractivity contribution < 1.29 is 14.7 Å². The lowest BCUT2D eigenvalue weighted by Crippen LogP contribution is -2.35. The number of nitrogens with one attached hydrogen (secondary N) is 1. The van der Waals surface area contributed by atoms with Crippen LogP contribution in [-0.4, -0.2) is 23.5 Å². The lowest BCUT2D eigenvalue weighted by Gasteiger charge is -2.27. The van der Waals surface area contributed by atoms with Gasteiger partial charge in [0.2, 0.25) is 5.91 Å². The third kappa shape index (κ3) is 4.33. The number of hydrogen-bond donors (Lipinski definition) is 2. The Kier molecular flexibility index (Phi) is 5.58. The summed E-state index contributed by atoms with van der Waals surface area (Å²) in [6.07, 6.45) is 7.22. The third-order valence-electron chi connectivity index (χ3n) is 4.92. The van der Waals surface area contributed by atoms with E-state index in [9.17, 15) is 9.59 Å². The summed E-state index contributed by atoms with van der Waals surface area (Å²) in [6, 6.07) is 6.73. The summed E-state index contributed by atoms with van der Waals surface area (Å²) in [5, 5.41) is 11.9. The molecular weight excluding hydrogens is 278 g/mol. The van der Waals surface area contributed by atoms with Gasteiger partial charge in [0.15, 0.2) is 0 Å². The topological polar surface area (TPSA) is 66.4 Å². The van der Waals surface area contributed by atoms with Gasteiger partial charge in [0.25, 0.3) is 0 Å². The van der Waals surface area contributed by atoms with Gasteiger partial charge in [-0.1, -0.05) is 31.9 Å². The van der Waals surface area contributed by atoms with Crippen LogP contribution in [-0.2, 0) is 11.2 Å². The van der Waals surface area contributed by atoms with Crippen LogP contribution < -0.4 is 5.32 Å². The van der Waals surface area contributed by atoms with Crippen molar-refractivity contribution in [2.45, 2.75) is 51.9 Å². The lowest BCUT2D eigenvalue weighted by molar-refractivity contribution is -0.121. The summed E-state index contributed by atoms with van der Waals surface area (Å²) < 4.78 is 0. The van der Waals surface area contributed by atoms with Crippen molar-refractivity contribution in [2.75, 3.05) is 6.54 Å². The second-order valence-electron chi connectivity index (χ2n) is 6.34. The number of aromatic carboxylic acids is 1. The zero-order valence-electron chi connectivity index (χ0n) is 13.2. The number of carbonyl (C=O) groups is 2. The van der Waals surface area contributed by atoms with Crippen LogP contribution in [0.3, 0.4) is 0 Å². The van der Waals surface area contributed by atoms with Crippen molar-refractivity contribution in [1.82, 2.24) is 5.32 Å². The van der Waals surface area contributed by atoms with Gasteiger partial charge in [-0.25, -0.2) is 4.79 Å². The standard InChI is InChI=1S/C18H25NO3/c1-2-18(11-3-4-12-18)13-19-16(20)10-7-14-5-8-15(9-6-14)17(21)22/h5-6,8-9H,2-4,7,10-13H2,1H3,(H,19,20)(H,21,22). The Morgan fingerprint density at radius 1 is 1.18 bits per heavy atom. The van der Waals surface area contributed by atoms with Crippen LogP contribution in [0.4, 0.5) is 0 Å². The molecule has 0 aromatic heterocycles. The molecule has 1 aliphatic rings. The number of hydrogen-bond acceptors (Lipinski definition) is 2. The van der Waals surface area contributed by atoms with Crippen molar-refractivity contribution in [2.24, 2.45) is 5.41 Å². The highest BCUT2D eigenvalue weighted by molar-refractivity contribution is 5.87. The number of carbonyl (C=O) groups excluding carboxylic acids is 1. The van der Waals surface area contributed by atoms with Gasteiger partial charge < -0.3 is 10.4 Å². The monoisotopic (exact) mass is 303 g/mol. The van der Waals surface area contributed by atoms with Crippen LogP contribution in [0.1, 0.15) is 61.4 Å². The smallest absolute Gasteiger partial charge is 0.335 e. The van der Waals surface area contributed by atoms with Crippen molar-refractivity contribution in [1.29, 1.82) is 0 Å². The Balaban J connectivity index is 1.76. The van der Waals surface area contributed by atoms with Crippen LogP contribution in [0.5, 0.6) is 0 Å². The maximum atomic E-state index is 12.0. The first kappa shape index (κ1) is 16.5. The van der Waals surface area contributed by atoms with E-state index in [1.807, 2.05) is 0 Å². The van der Waals surface area contributed by atoms with Crippen molar-refractivity contribution in [3.8, 4) is 0 Å². The average Bonchev–Trinajstić information content (AvgIpc) is 3.01. The predicted octanol–water partition coefficient (Wildman–Crippen LogP) is 3.40. The highest BCUT2D eigenvalue weighted by atomic mass is 16.4. The number of carboxylic acid groups (broad SMARTS) is 1. The summed E-state index contributed by atoms with van der Waals surface area (Å²) in [5.74, 6) is -0.840. The van der Waals surface area contributed by atoms with Crippen molar-refractivity contribution in [3.05, 3.63) is 35.4 Å². The van der Waals surface area contributed by atoms with E-state index in [-0.39, 0.29) is 11.5 Å². The minimum atomic E-state index is -0.925. The number of benzene rings is 1. The maximum Gasteiger partial charge on any atom is 0.335 e. The van der Waals surface area contributed by atoms with E-state index in [4.69, 9.17) is 5.11 Å². The van der Waals surface area contributed by atoms with Gasteiger partial charge >= 0.3 is 5.97 Å². The van der Waals surface area contributed by atoms with Gasteiger partial charge in [-0.15, -0.1) is 0 Å². The average molecular weight is 303 g/mol. The second kappa shape index (κ2) is 7.43. The Morgan fingerprint density at radius 2 is 1.82 bits per heavy atom. The van der Waals surface area contributed by atoms with E-state index >= 15 is 0 Å². The number of aryl methyl sites for hydroxylation is 1. The molecule has 0 bridgehead atoms. The minimum absolute atomic E-state index is 0.0852. The molecule has 0 saturated heterocycles. The number of amides is 1. The van der Waals surface area contributed by atoms with Crippen LogP contribution in [0.15, 0.2) is 24.3 Å². The van der Waals surface area contributed by atoms with E-state index in [2.05, 4.69) is 12.2 Å². The molecule has 1 fully saturated rings. The predicted molar refractivity (Wildman–Crippen MR) is 85.9 cm³/mol. The molecule has 0 heterocycles. The van der Waals surface area contributed by atoms with Gasteiger partial charge in [-0.3, -0.25) is 4.79 Å². The van der Waals surface area contributed by atoms with Crippen LogP contribution in [0, 0.1) is 5.41 Å². The molecule has 4 nitrogen and oxygen atoms in total. The molecule has 1 aliphatic carbocycles. The first-order valence-electron chi connectivity index (χ1n) is 8.14. The highest BCUT2D eigenvalue weighted by Crippen LogP contribution is 2.40. The molecule has 4 heteroatoms. The second-order valence-corrected chi connectivity index (χ2v) is 6.34. The zero-order chi connectivity index (χ0) is 16.0. The van der Waals surface area contributed by atoms with Crippen molar-refractivity contribution >= 4 is 11.9 Å². The first-order chi connectivity index (χ1) is 10.5. The molecule has 2 rings (SSSR count). The molecule has 1 amide bonds. The molecular formula is C18H25NO3. The molecule has 2 N–H and O–H groups in total. The summed E-state index contributed by atoms with van der Waals surface area (Å²) in [5.41, 5.74) is 1.59. The van der Waals surface area contributed by atoms with Crippen LogP contribution in [0.2, 0.25) is 0 Å². The van der Waals surface area contributed by atoms with Crippen LogP contribution >= 0.6 is 0 Å². The fourth-order valence-corrected chi connectivity index (χ4v) is 3.23. The van der Waals surface area contributed by atoms with Crippen molar-refractivity contribution in [3.63, 3.8) is 0 Å². The van der Waals surface area contributed by atoms with E-state index < -0.39 is 5.97 Å². The van der Waals surface area contributed by atoms with E-state index in [1.165, 1.54) is 25.7 Å². The molecule has 0 aliphatic heterocycles. The molecule has 0 spiro atoms. The SMILES string of the molecule is CCC1(CNC(=O)CCc2ccc(C(=O)O)cc2)CCCC1. The Bertz CT molecular complexity index is 516. The minimum Gasteiger partial charge on any atom is -0.478 e. The largest absolute Gasteiger partial charge is 0.478 e. The highest BCUT2D eigenvalue weighted by Gasteiger charge is 2.31. The quantitative estimate of drug-likeness (QED) is 0.811. The van der Waals surface area contributed by atoms with E-state index in [0.29, 0.717) is 18.3 Å². The number of rotatable bonds is 7. The molecule has 0 atom stereocenters. The first-order valence-corrected chi connectivity index (χ1v) is 8.14. The number of carboxylic acids is 1. The molecule has 1 aromatic carbocycles. The summed E-state index contributed by atoms with van der Waals surface area (Å²) in [4.78, 5) is 22.8. The molecule has 0 radical (unpaired) electrons. The van der Waals surface area contributed by atoms with Crippen LogP contribution in [0.25, 0.3) is 0 Å². The fraction of sp³-hybridized carbons (Fsp3) is 0.556. The fourth-order valence-electron chi connectivity index (χ4n) is 3.23. The summed E-state index contributed by atoms with van der Waals surface area (Å²) in [6.45, 7) is 3.00. The zero-order valence-corrected chi connectivity index (χ0v) is 13.2. The van der Waals surface area contributed by atoms with Gasteiger partial charge in [0.1, 0.15) is 0 Å². The third-order valence-corrected chi connectivity index (χ3v) is 4.92. The Hall–Kier alpha value is -1.84. The molecule has 1 aromatic rings. The van der Waals surface area contributed by atoms with E-state index in [1.54, 1.807) is 24.3 Å². The van der Waals surface area contributed by atoms with Gasteiger partial charge in [0, 0.05) is 13.0 Å². The Labute approximate surface area is 131 Å². The molecule has 22 heavy (non-hydrogen) atoms. The van der Waals surface area contributed by atoms with Gasteiger partial charge in [-0.05, 0) is 48.8 Å². The molecule has 120 valence electrons. The maximum absolute atomic E-state index is 12.0. The summed E-state index contributed by atoms with van der Waals surface area (Å²) >= 11 is 0. The molecule has 1 saturated carbocycles. The normalized spacial score (nSPS) is 16.4. The van der Waals surface area contributed by atoms with E-state index in [0.717, 1.165) is 18.5 Å². The van der Waals surface area contributed by atoms with Gasteiger partial charge in [0.05, 0.1) is 5.56 Å².